The molecule has 4 nitrogen and oxygen atoms in total. The van der Waals surface area contributed by atoms with E-state index in [2.05, 4.69) is 48.2 Å². The van der Waals surface area contributed by atoms with Crippen molar-refractivity contribution in [3.63, 3.8) is 0 Å². The van der Waals surface area contributed by atoms with E-state index in [1.54, 1.807) is 11.3 Å². The minimum atomic E-state index is 0.911. The lowest BCUT2D eigenvalue weighted by atomic mass is 10.3. The van der Waals surface area contributed by atoms with Crippen LogP contribution in [0.3, 0.4) is 0 Å². The van der Waals surface area contributed by atoms with E-state index < -0.39 is 0 Å². The zero-order valence-electron chi connectivity index (χ0n) is 9.95. The Morgan fingerprint density at radius 3 is 2.89 bits per heavy atom. The molecule has 96 valence electrons. The number of hydrogen-bond acceptors (Lipinski definition) is 4. The Morgan fingerprint density at radius 2 is 2.17 bits per heavy atom. The van der Waals surface area contributed by atoms with Crippen LogP contribution in [-0.2, 0) is 6.54 Å². The SMILES string of the molecule is Brc1ccc(-c2cnc(CN3CCNCC3)[nH]2)s1. The van der Waals surface area contributed by atoms with Gasteiger partial charge in [-0.2, -0.15) is 0 Å². The monoisotopic (exact) mass is 326 g/mol. The van der Waals surface area contributed by atoms with Gasteiger partial charge in [-0.05, 0) is 28.1 Å². The molecule has 1 saturated heterocycles. The third-order valence-electron chi connectivity index (χ3n) is 3.05. The maximum Gasteiger partial charge on any atom is 0.120 e. The van der Waals surface area contributed by atoms with Gasteiger partial charge in [-0.3, -0.25) is 4.90 Å². The van der Waals surface area contributed by atoms with Gasteiger partial charge in [-0.15, -0.1) is 11.3 Å². The Labute approximate surface area is 119 Å². The van der Waals surface area contributed by atoms with Gasteiger partial charge in [0.2, 0.25) is 0 Å². The fourth-order valence-electron chi connectivity index (χ4n) is 2.11. The number of thiophene rings is 1. The second-order valence-corrected chi connectivity index (χ2v) is 6.84. The van der Waals surface area contributed by atoms with Gasteiger partial charge in [0.05, 0.1) is 27.1 Å². The molecule has 2 aromatic rings. The first-order valence-electron chi connectivity index (χ1n) is 6.04. The highest BCUT2D eigenvalue weighted by atomic mass is 79.9. The molecule has 2 N–H and O–H groups in total. The van der Waals surface area contributed by atoms with Gasteiger partial charge in [-0.1, -0.05) is 0 Å². The quantitative estimate of drug-likeness (QED) is 0.909. The number of aromatic nitrogens is 2. The van der Waals surface area contributed by atoms with Gasteiger partial charge in [0.25, 0.3) is 0 Å². The van der Waals surface area contributed by atoms with Gasteiger partial charge in [0.1, 0.15) is 5.82 Å². The molecular formula is C12H15BrN4S. The van der Waals surface area contributed by atoms with E-state index in [0.717, 1.165) is 48.0 Å². The number of H-pyrrole nitrogens is 1. The summed E-state index contributed by atoms with van der Waals surface area (Å²) in [6, 6.07) is 4.17. The Morgan fingerprint density at radius 1 is 1.33 bits per heavy atom. The molecule has 0 radical (unpaired) electrons. The van der Waals surface area contributed by atoms with Gasteiger partial charge >= 0.3 is 0 Å². The molecule has 0 amide bonds. The summed E-state index contributed by atoms with van der Waals surface area (Å²) in [5.41, 5.74) is 1.11. The number of hydrogen-bond donors (Lipinski definition) is 2. The first-order valence-corrected chi connectivity index (χ1v) is 7.65. The van der Waals surface area contributed by atoms with E-state index in [-0.39, 0.29) is 0 Å². The van der Waals surface area contributed by atoms with Crippen molar-refractivity contribution in [2.75, 3.05) is 26.2 Å². The van der Waals surface area contributed by atoms with Crippen molar-refractivity contribution in [2.45, 2.75) is 6.54 Å². The van der Waals surface area contributed by atoms with Gasteiger partial charge < -0.3 is 10.3 Å². The molecule has 1 fully saturated rings. The fourth-order valence-corrected chi connectivity index (χ4v) is 3.46. The number of halogens is 1. The molecule has 1 aliphatic rings. The maximum atomic E-state index is 4.47. The van der Waals surface area contributed by atoms with Crippen LogP contribution < -0.4 is 5.32 Å². The summed E-state index contributed by atoms with van der Waals surface area (Å²) >= 11 is 5.21. The van der Waals surface area contributed by atoms with Crippen LogP contribution in [-0.4, -0.2) is 41.0 Å². The fraction of sp³-hybridized carbons (Fsp3) is 0.417. The molecule has 6 heteroatoms. The van der Waals surface area contributed by atoms with E-state index in [4.69, 9.17) is 0 Å². The molecule has 0 aliphatic carbocycles. The van der Waals surface area contributed by atoms with Gasteiger partial charge in [0, 0.05) is 26.2 Å². The van der Waals surface area contributed by atoms with Crippen molar-refractivity contribution in [3.8, 4) is 10.6 Å². The zero-order chi connectivity index (χ0) is 12.4. The average Bonchev–Trinajstić information content (AvgIpc) is 2.99. The predicted octanol–water partition coefficient (Wildman–Crippen LogP) is 2.31. The number of piperazine rings is 1. The highest BCUT2D eigenvalue weighted by Gasteiger charge is 2.12. The van der Waals surface area contributed by atoms with Crippen LogP contribution in [0, 0.1) is 0 Å². The van der Waals surface area contributed by atoms with E-state index in [0.29, 0.717) is 0 Å². The molecule has 3 heterocycles. The summed E-state index contributed by atoms with van der Waals surface area (Å²) < 4.78 is 1.15. The molecule has 18 heavy (non-hydrogen) atoms. The van der Waals surface area contributed by atoms with E-state index in [1.807, 2.05) is 6.20 Å². The second kappa shape index (κ2) is 5.52. The highest BCUT2D eigenvalue weighted by Crippen LogP contribution is 2.30. The normalized spacial score (nSPS) is 17.2. The average molecular weight is 327 g/mol. The standard InChI is InChI=1S/C12H15BrN4S/c13-11-2-1-10(18-11)9-7-15-12(16-9)8-17-5-3-14-4-6-17/h1-2,7,14H,3-6,8H2,(H,15,16). The van der Waals surface area contributed by atoms with Crippen molar-refractivity contribution in [1.82, 2.24) is 20.2 Å². The molecule has 0 saturated carbocycles. The van der Waals surface area contributed by atoms with Crippen LogP contribution in [0.1, 0.15) is 5.82 Å². The van der Waals surface area contributed by atoms with Crippen molar-refractivity contribution >= 4 is 27.3 Å². The van der Waals surface area contributed by atoms with Crippen LogP contribution in [0.15, 0.2) is 22.1 Å². The van der Waals surface area contributed by atoms with Crippen molar-refractivity contribution < 1.29 is 0 Å². The Kier molecular flexibility index (Phi) is 3.79. The Hall–Kier alpha value is -0.690. The van der Waals surface area contributed by atoms with E-state index in [1.165, 1.54) is 4.88 Å². The Balaban J connectivity index is 1.69. The lowest BCUT2D eigenvalue weighted by Crippen LogP contribution is -2.43. The first kappa shape index (κ1) is 12.3. The largest absolute Gasteiger partial charge is 0.340 e. The van der Waals surface area contributed by atoms with Crippen LogP contribution >= 0.6 is 27.3 Å². The van der Waals surface area contributed by atoms with Crippen molar-refractivity contribution in [1.29, 1.82) is 0 Å². The molecule has 0 bridgehead atoms. The maximum absolute atomic E-state index is 4.47. The van der Waals surface area contributed by atoms with Crippen molar-refractivity contribution in [2.24, 2.45) is 0 Å². The molecule has 0 spiro atoms. The summed E-state index contributed by atoms with van der Waals surface area (Å²) in [7, 11) is 0. The summed E-state index contributed by atoms with van der Waals surface area (Å²) in [6.45, 7) is 5.26. The van der Waals surface area contributed by atoms with Crippen LogP contribution in [0.2, 0.25) is 0 Å². The van der Waals surface area contributed by atoms with E-state index >= 15 is 0 Å². The highest BCUT2D eigenvalue weighted by molar-refractivity contribution is 9.11. The van der Waals surface area contributed by atoms with Crippen molar-refractivity contribution in [3.05, 3.63) is 27.9 Å². The third-order valence-corrected chi connectivity index (χ3v) is 4.71. The number of aromatic amines is 1. The third kappa shape index (κ3) is 2.83. The number of nitrogens with zero attached hydrogens (tertiary/aromatic N) is 2. The van der Waals surface area contributed by atoms with Crippen LogP contribution in [0.5, 0.6) is 0 Å². The van der Waals surface area contributed by atoms with Crippen LogP contribution in [0.4, 0.5) is 0 Å². The topological polar surface area (TPSA) is 44.0 Å². The van der Waals surface area contributed by atoms with Crippen LogP contribution in [0.25, 0.3) is 10.6 Å². The molecular weight excluding hydrogens is 312 g/mol. The summed E-state index contributed by atoms with van der Waals surface area (Å²) in [6.07, 6.45) is 1.93. The number of imidazole rings is 1. The lowest BCUT2D eigenvalue weighted by molar-refractivity contribution is 0.228. The molecule has 3 rings (SSSR count). The van der Waals surface area contributed by atoms with Gasteiger partial charge in [0.15, 0.2) is 0 Å². The minimum absolute atomic E-state index is 0.911. The molecule has 0 unspecified atom stereocenters. The summed E-state index contributed by atoms with van der Waals surface area (Å²) in [4.78, 5) is 11.5. The number of nitrogens with one attached hydrogen (secondary N) is 2. The number of rotatable bonds is 3. The molecule has 2 aromatic heterocycles. The zero-order valence-corrected chi connectivity index (χ0v) is 12.4. The van der Waals surface area contributed by atoms with E-state index in [9.17, 15) is 0 Å². The molecule has 0 atom stereocenters. The smallest absolute Gasteiger partial charge is 0.120 e. The lowest BCUT2D eigenvalue weighted by Gasteiger charge is -2.26. The van der Waals surface area contributed by atoms with Gasteiger partial charge in [-0.25, -0.2) is 4.98 Å². The minimum Gasteiger partial charge on any atom is -0.340 e. The predicted molar refractivity (Wildman–Crippen MR) is 77.7 cm³/mol. The summed E-state index contributed by atoms with van der Waals surface area (Å²) in [5.74, 6) is 1.05. The second-order valence-electron chi connectivity index (χ2n) is 4.37. The summed E-state index contributed by atoms with van der Waals surface area (Å²) in [5, 5.41) is 3.36. The molecule has 0 aromatic carbocycles. The first-order chi connectivity index (χ1) is 8.81. The Bertz CT molecular complexity index is 516. The molecule has 1 aliphatic heterocycles.